The average Bonchev–Trinajstić information content (AvgIpc) is 3.01. The van der Waals surface area contributed by atoms with Gasteiger partial charge in [-0.15, -0.1) is 0 Å². The van der Waals surface area contributed by atoms with Gasteiger partial charge in [-0.3, -0.25) is 9.59 Å². The fourth-order valence-corrected chi connectivity index (χ4v) is 4.44. The normalized spacial score (nSPS) is 15.9. The van der Waals surface area contributed by atoms with E-state index in [1.54, 1.807) is 12.1 Å². The predicted molar refractivity (Wildman–Crippen MR) is 113 cm³/mol. The number of aromatic nitrogens is 1. The molecule has 5 nitrogen and oxygen atoms in total. The zero-order valence-corrected chi connectivity index (χ0v) is 17.1. The maximum atomic E-state index is 12.8. The number of carboxylic acid groups (broad SMARTS) is 1. The molecule has 1 amide bonds. The number of carbonyl (C=O) groups excluding carboxylic acids is 1. The molecule has 1 aliphatic rings. The first-order valence-corrected chi connectivity index (χ1v) is 10.2. The maximum absolute atomic E-state index is 12.8. The molecule has 0 saturated heterocycles. The number of hydrogen-bond donors (Lipinski definition) is 2. The molecule has 0 fully saturated rings. The first-order chi connectivity index (χ1) is 13.9. The molecule has 0 spiro atoms. The number of carbonyl (C=O) groups is 2. The molecular weight excluding hydrogens is 411 g/mol. The van der Waals surface area contributed by atoms with E-state index in [4.69, 9.17) is 23.2 Å². The van der Waals surface area contributed by atoms with Crippen molar-refractivity contribution in [2.24, 2.45) is 5.92 Å². The fraction of sp³-hybridized carbons (Fsp3) is 0.273. The summed E-state index contributed by atoms with van der Waals surface area (Å²) in [7, 11) is 0. The van der Waals surface area contributed by atoms with Crippen molar-refractivity contribution in [2.75, 3.05) is 0 Å². The van der Waals surface area contributed by atoms with E-state index < -0.39 is 5.97 Å². The molecule has 0 saturated carbocycles. The van der Waals surface area contributed by atoms with Crippen molar-refractivity contribution < 1.29 is 14.7 Å². The van der Waals surface area contributed by atoms with Crippen molar-refractivity contribution in [2.45, 2.75) is 32.4 Å². The third-order valence-corrected chi connectivity index (χ3v) is 6.23. The van der Waals surface area contributed by atoms with Crippen LogP contribution in [0.15, 0.2) is 42.5 Å². The van der Waals surface area contributed by atoms with Crippen LogP contribution in [0.5, 0.6) is 0 Å². The van der Waals surface area contributed by atoms with E-state index >= 15 is 0 Å². The lowest BCUT2D eigenvalue weighted by atomic mass is 9.85. The van der Waals surface area contributed by atoms with Gasteiger partial charge in [0.25, 0.3) is 0 Å². The van der Waals surface area contributed by atoms with E-state index in [2.05, 4.69) is 5.32 Å². The summed E-state index contributed by atoms with van der Waals surface area (Å²) in [5.74, 6) is -1.01. The second kappa shape index (κ2) is 8.09. The summed E-state index contributed by atoms with van der Waals surface area (Å²) in [5.41, 5.74) is 3.92. The summed E-state index contributed by atoms with van der Waals surface area (Å²) in [6.07, 6.45) is 1.98. The largest absolute Gasteiger partial charge is 0.480 e. The number of carboxylic acids is 1. The molecule has 150 valence electrons. The molecule has 7 heteroatoms. The molecule has 4 rings (SSSR count). The Bertz CT molecular complexity index is 1110. The van der Waals surface area contributed by atoms with Crippen LogP contribution in [0.2, 0.25) is 10.0 Å². The second-order valence-electron chi connectivity index (χ2n) is 7.33. The average molecular weight is 431 g/mol. The van der Waals surface area contributed by atoms with E-state index in [1.807, 2.05) is 34.9 Å². The summed E-state index contributed by atoms with van der Waals surface area (Å²) < 4.78 is 1.87. The van der Waals surface area contributed by atoms with Crippen molar-refractivity contribution in [3.63, 3.8) is 0 Å². The van der Waals surface area contributed by atoms with E-state index in [1.165, 1.54) is 0 Å². The topological polar surface area (TPSA) is 71.3 Å². The number of amides is 1. The summed E-state index contributed by atoms with van der Waals surface area (Å²) in [5, 5.41) is 14.3. The molecule has 0 radical (unpaired) electrons. The van der Waals surface area contributed by atoms with Gasteiger partial charge in [0.1, 0.15) is 6.54 Å². The highest BCUT2D eigenvalue weighted by Gasteiger charge is 2.29. The zero-order valence-electron chi connectivity index (χ0n) is 15.6. The zero-order chi connectivity index (χ0) is 20.5. The maximum Gasteiger partial charge on any atom is 0.323 e. The van der Waals surface area contributed by atoms with Gasteiger partial charge in [0.05, 0.1) is 10.0 Å². The number of fused-ring (bicyclic) bond motifs is 3. The Morgan fingerprint density at radius 1 is 1.14 bits per heavy atom. The molecular formula is C22H20Cl2N2O3. The Morgan fingerprint density at radius 3 is 2.69 bits per heavy atom. The number of benzene rings is 2. The molecule has 0 aliphatic heterocycles. The van der Waals surface area contributed by atoms with Crippen LogP contribution in [0, 0.1) is 5.92 Å². The molecule has 1 heterocycles. The van der Waals surface area contributed by atoms with Crippen LogP contribution in [0.25, 0.3) is 10.9 Å². The van der Waals surface area contributed by atoms with Gasteiger partial charge in [0, 0.05) is 29.1 Å². The molecule has 1 unspecified atom stereocenters. The summed E-state index contributed by atoms with van der Waals surface area (Å²) in [6.45, 7) is 0.323. The number of halogens is 2. The third-order valence-electron chi connectivity index (χ3n) is 5.49. The smallest absolute Gasteiger partial charge is 0.323 e. The monoisotopic (exact) mass is 430 g/mol. The van der Waals surface area contributed by atoms with Crippen LogP contribution < -0.4 is 5.32 Å². The quantitative estimate of drug-likeness (QED) is 0.627. The Balaban J connectivity index is 1.53. The summed E-state index contributed by atoms with van der Waals surface area (Å²) in [4.78, 5) is 24.1. The van der Waals surface area contributed by atoms with Gasteiger partial charge in [-0.05, 0) is 48.6 Å². The Morgan fingerprint density at radius 2 is 1.93 bits per heavy atom. The molecule has 1 aliphatic carbocycles. The number of aliphatic carboxylic acids is 1. The van der Waals surface area contributed by atoms with E-state index in [0.717, 1.165) is 27.7 Å². The predicted octanol–water partition coefficient (Wildman–Crippen LogP) is 4.45. The van der Waals surface area contributed by atoms with Crippen molar-refractivity contribution >= 4 is 46.0 Å². The lowest BCUT2D eigenvalue weighted by molar-refractivity contribution is -0.137. The minimum absolute atomic E-state index is 0.00297. The molecule has 29 heavy (non-hydrogen) atoms. The first-order valence-electron chi connectivity index (χ1n) is 9.46. The van der Waals surface area contributed by atoms with Crippen molar-refractivity contribution in [3.8, 4) is 0 Å². The van der Waals surface area contributed by atoms with Gasteiger partial charge >= 0.3 is 5.97 Å². The van der Waals surface area contributed by atoms with Gasteiger partial charge in [-0.25, -0.2) is 0 Å². The van der Waals surface area contributed by atoms with Crippen LogP contribution >= 0.6 is 23.2 Å². The highest BCUT2D eigenvalue weighted by Crippen LogP contribution is 2.34. The van der Waals surface area contributed by atoms with Crippen LogP contribution in [0.1, 0.15) is 23.2 Å². The molecule has 2 aromatic carbocycles. The summed E-state index contributed by atoms with van der Waals surface area (Å²) >= 11 is 12.0. The standard InChI is InChI=1S/C22H20Cl2N2O3/c23-17-7-5-13(9-18(17)24)11-25-22(29)14-6-8-20-16(10-14)15-3-1-2-4-19(15)26(20)12-21(27)28/h1-5,7,9,14H,6,8,10-12H2,(H,25,29)(H,27,28). The van der Waals surface area contributed by atoms with Crippen molar-refractivity contribution in [1.82, 2.24) is 9.88 Å². The van der Waals surface area contributed by atoms with Crippen molar-refractivity contribution in [3.05, 3.63) is 69.3 Å². The first kappa shape index (κ1) is 19.8. The van der Waals surface area contributed by atoms with Crippen molar-refractivity contribution in [1.29, 1.82) is 0 Å². The summed E-state index contributed by atoms with van der Waals surface area (Å²) in [6, 6.07) is 13.1. The highest BCUT2D eigenvalue weighted by atomic mass is 35.5. The van der Waals surface area contributed by atoms with E-state index in [9.17, 15) is 14.7 Å². The SMILES string of the molecule is O=C(O)Cn1c2c(c3ccccc31)CC(C(=O)NCc1ccc(Cl)c(Cl)c1)CC2. The van der Waals surface area contributed by atoms with E-state index in [-0.39, 0.29) is 18.4 Å². The number of nitrogens with zero attached hydrogens (tertiary/aromatic N) is 1. The third kappa shape index (κ3) is 3.98. The number of para-hydroxylation sites is 1. The van der Waals surface area contributed by atoms with Gasteiger partial charge < -0.3 is 15.0 Å². The minimum Gasteiger partial charge on any atom is -0.480 e. The lowest BCUT2D eigenvalue weighted by Gasteiger charge is -2.23. The van der Waals surface area contributed by atoms with Crippen LogP contribution in [0.3, 0.4) is 0 Å². The Hall–Kier alpha value is -2.50. The number of nitrogens with one attached hydrogen (secondary N) is 1. The van der Waals surface area contributed by atoms with Crippen LogP contribution in [-0.4, -0.2) is 21.6 Å². The van der Waals surface area contributed by atoms with Gasteiger partial charge in [0.15, 0.2) is 0 Å². The van der Waals surface area contributed by atoms with Crippen LogP contribution in [0.4, 0.5) is 0 Å². The molecule has 1 atom stereocenters. The Labute approximate surface area is 178 Å². The fourth-order valence-electron chi connectivity index (χ4n) is 4.12. The molecule has 2 N–H and O–H groups in total. The molecule has 0 bridgehead atoms. The molecule has 1 aromatic heterocycles. The lowest BCUT2D eigenvalue weighted by Crippen LogP contribution is -2.34. The second-order valence-corrected chi connectivity index (χ2v) is 8.14. The van der Waals surface area contributed by atoms with Gasteiger partial charge in [0.2, 0.25) is 5.91 Å². The number of rotatable bonds is 5. The van der Waals surface area contributed by atoms with E-state index in [0.29, 0.717) is 35.9 Å². The molecule has 3 aromatic rings. The number of hydrogen-bond acceptors (Lipinski definition) is 2. The van der Waals surface area contributed by atoms with Crippen LogP contribution in [-0.2, 0) is 35.5 Å². The van der Waals surface area contributed by atoms with Gasteiger partial charge in [-0.1, -0.05) is 47.5 Å². The minimum atomic E-state index is -0.866. The van der Waals surface area contributed by atoms with Gasteiger partial charge in [-0.2, -0.15) is 0 Å². The Kier molecular flexibility index (Phi) is 5.52. The highest BCUT2D eigenvalue weighted by molar-refractivity contribution is 6.42.